The highest BCUT2D eigenvalue weighted by Gasteiger charge is 2.38. The lowest BCUT2D eigenvalue weighted by Crippen LogP contribution is -2.34. The fourth-order valence-corrected chi connectivity index (χ4v) is 4.87. The molecule has 0 aromatic heterocycles. The zero-order valence-corrected chi connectivity index (χ0v) is 18.2. The maximum Gasteiger partial charge on any atom is 0.404 e. The summed E-state index contributed by atoms with van der Waals surface area (Å²) in [5.74, 6) is -1.02. The molecule has 2 unspecified atom stereocenters. The van der Waals surface area contributed by atoms with Crippen LogP contribution in [0.2, 0.25) is 1.41 Å². The summed E-state index contributed by atoms with van der Waals surface area (Å²) >= 11 is 1.34. The Morgan fingerprint density at radius 1 is 1.22 bits per heavy atom. The van der Waals surface area contributed by atoms with E-state index in [1.807, 2.05) is 36.4 Å². The molecule has 4 amide bonds. The number of likely N-dealkylation sites (tertiary alicyclic amines) is 1. The first-order valence-corrected chi connectivity index (χ1v) is 11.5. The molecule has 1 aliphatic heterocycles. The van der Waals surface area contributed by atoms with Gasteiger partial charge in [0.15, 0.2) is 1.41 Å². The SMILES string of the molecule is [2H]NC(=O)OCC1c2ccccc2-c2ccc(NC(=O)CCN3C(=O)CC(SC)C3=O)cc21. The van der Waals surface area contributed by atoms with Crippen LogP contribution in [0, 0.1) is 0 Å². The molecule has 1 heterocycles. The number of nitrogens with one attached hydrogen (secondary N) is 1. The molecule has 2 atom stereocenters. The molecule has 0 bridgehead atoms. The largest absolute Gasteiger partial charge is 0.449 e. The van der Waals surface area contributed by atoms with Crippen molar-refractivity contribution in [2.75, 3.05) is 24.7 Å². The van der Waals surface area contributed by atoms with Gasteiger partial charge in [-0.2, -0.15) is 11.8 Å². The van der Waals surface area contributed by atoms with Crippen LogP contribution in [0.4, 0.5) is 10.5 Å². The highest BCUT2D eigenvalue weighted by atomic mass is 32.2. The standard InChI is InChI=1S/C23H23N3O5S/c1-32-19-11-21(28)26(22(19)29)9-8-20(27)25-13-6-7-16-14-4-2-3-5-15(14)18(17(16)10-13)12-31-23(24)30/h2-7,10,18-19H,8-9,11-12H2,1H3,(H2,24,30)(H,25,27)/i/hD. The number of amides is 4. The van der Waals surface area contributed by atoms with Gasteiger partial charge >= 0.3 is 6.09 Å². The number of carbonyl (C=O) groups excluding carboxylic acids is 4. The minimum absolute atomic E-state index is 0.00605. The second-order valence-corrected chi connectivity index (χ2v) is 8.69. The Balaban J connectivity index is 1.46. The second-order valence-electron chi connectivity index (χ2n) is 7.65. The number of ether oxygens (including phenoxy) is 1. The van der Waals surface area contributed by atoms with Crippen molar-refractivity contribution >= 4 is 41.3 Å². The summed E-state index contributed by atoms with van der Waals surface area (Å²) in [6.45, 7) is 0.109. The lowest BCUT2D eigenvalue weighted by Gasteiger charge is -2.16. The third-order valence-electron chi connectivity index (χ3n) is 5.77. The normalized spacial score (nSPS) is 19.3. The summed E-state index contributed by atoms with van der Waals surface area (Å²) in [5.41, 5.74) is 6.19. The first-order chi connectivity index (χ1) is 15.9. The Bertz CT molecular complexity index is 1130. The van der Waals surface area contributed by atoms with Crippen molar-refractivity contribution in [2.45, 2.75) is 24.0 Å². The van der Waals surface area contributed by atoms with Crippen molar-refractivity contribution in [1.29, 1.82) is 0 Å². The molecule has 1 saturated heterocycles. The van der Waals surface area contributed by atoms with E-state index in [1.165, 1.54) is 11.8 Å². The minimum atomic E-state index is -0.833. The van der Waals surface area contributed by atoms with Crippen LogP contribution in [-0.2, 0) is 19.1 Å². The summed E-state index contributed by atoms with van der Waals surface area (Å²) in [4.78, 5) is 49.4. The van der Waals surface area contributed by atoms with Crippen LogP contribution in [0.1, 0.15) is 29.9 Å². The van der Waals surface area contributed by atoms with Crippen LogP contribution in [0.3, 0.4) is 0 Å². The molecule has 9 heteroatoms. The minimum Gasteiger partial charge on any atom is -0.449 e. The van der Waals surface area contributed by atoms with E-state index in [-0.39, 0.29) is 54.9 Å². The van der Waals surface area contributed by atoms with Gasteiger partial charge in [0.25, 0.3) is 0 Å². The number of anilines is 1. The van der Waals surface area contributed by atoms with Crippen molar-refractivity contribution in [3.63, 3.8) is 0 Å². The van der Waals surface area contributed by atoms with Crippen LogP contribution in [0.15, 0.2) is 42.5 Å². The molecule has 32 heavy (non-hydrogen) atoms. The first-order valence-electron chi connectivity index (χ1n) is 10.7. The number of hydrogen-bond donors (Lipinski definition) is 2. The van der Waals surface area contributed by atoms with E-state index >= 15 is 0 Å². The average molecular weight is 455 g/mol. The number of thioether (sulfide) groups is 1. The van der Waals surface area contributed by atoms with Gasteiger partial charge in [-0.05, 0) is 40.6 Å². The zero-order chi connectivity index (χ0) is 23.5. The number of primary amides is 1. The van der Waals surface area contributed by atoms with Crippen molar-refractivity contribution in [3.8, 4) is 11.1 Å². The predicted molar refractivity (Wildman–Crippen MR) is 121 cm³/mol. The van der Waals surface area contributed by atoms with Crippen molar-refractivity contribution in [1.82, 2.24) is 4.90 Å². The van der Waals surface area contributed by atoms with E-state index in [0.29, 0.717) is 5.69 Å². The lowest BCUT2D eigenvalue weighted by molar-refractivity contribution is -0.138. The maximum atomic E-state index is 12.5. The van der Waals surface area contributed by atoms with E-state index in [0.717, 1.165) is 27.2 Å². The van der Waals surface area contributed by atoms with Gasteiger partial charge in [0.1, 0.15) is 6.61 Å². The molecule has 0 spiro atoms. The number of benzene rings is 2. The Kier molecular flexibility index (Phi) is 5.81. The van der Waals surface area contributed by atoms with E-state index in [2.05, 4.69) is 5.32 Å². The third kappa shape index (κ3) is 4.20. The highest BCUT2D eigenvalue weighted by Crippen LogP contribution is 2.45. The third-order valence-corrected chi connectivity index (χ3v) is 6.71. The molecule has 2 aliphatic rings. The molecular weight excluding hydrogens is 430 g/mol. The van der Waals surface area contributed by atoms with Crippen molar-refractivity contribution < 1.29 is 25.3 Å². The molecule has 2 aromatic rings. The Labute approximate surface area is 190 Å². The number of nitrogens with zero attached hydrogens (tertiary/aromatic N) is 1. The van der Waals surface area contributed by atoms with Crippen molar-refractivity contribution in [3.05, 3.63) is 53.6 Å². The van der Waals surface area contributed by atoms with E-state index < -0.39 is 6.09 Å². The number of fused-ring (bicyclic) bond motifs is 3. The summed E-state index contributed by atoms with van der Waals surface area (Å²) in [6.07, 6.45) is 1.14. The molecule has 4 rings (SSSR count). The van der Waals surface area contributed by atoms with Gasteiger partial charge in [0.2, 0.25) is 17.7 Å². The monoisotopic (exact) mass is 454 g/mol. The number of rotatable bonds is 7. The molecule has 1 fully saturated rings. The van der Waals surface area contributed by atoms with Gasteiger partial charge in [-0.1, -0.05) is 30.3 Å². The summed E-state index contributed by atoms with van der Waals surface area (Å²) < 4.78 is 12.1. The van der Waals surface area contributed by atoms with Gasteiger partial charge in [0.05, 0.1) is 5.25 Å². The first kappa shape index (κ1) is 20.6. The highest BCUT2D eigenvalue weighted by molar-refractivity contribution is 8.00. The van der Waals surface area contributed by atoms with Crippen LogP contribution >= 0.6 is 11.8 Å². The van der Waals surface area contributed by atoms with Crippen molar-refractivity contribution in [2.24, 2.45) is 5.73 Å². The smallest absolute Gasteiger partial charge is 0.404 e. The molecule has 1 aliphatic carbocycles. The van der Waals surface area contributed by atoms with E-state index in [1.54, 1.807) is 18.0 Å². The molecule has 0 radical (unpaired) electrons. The van der Waals surface area contributed by atoms with Crippen LogP contribution < -0.4 is 11.0 Å². The van der Waals surface area contributed by atoms with Crippen LogP contribution in [-0.4, -0.2) is 53.4 Å². The average Bonchev–Trinajstić information content (AvgIpc) is 3.28. The fraction of sp³-hybridized carbons (Fsp3) is 0.304. The van der Waals surface area contributed by atoms with Crippen LogP contribution in [0.25, 0.3) is 11.1 Å². The summed E-state index contributed by atoms with van der Waals surface area (Å²) in [7, 11) is 0. The van der Waals surface area contributed by atoms with E-state index in [4.69, 9.17) is 6.15 Å². The number of carbonyl (C=O) groups is 4. The maximum absolute atomic E-state index is 12.5. The topological polar surface area (TPSA) is 119 Å². The zero-order valence-electron chi connectivity index (χ0n) is 18.4. The summed E-state index contributed by atoms with van der Waals surface area (Å²) in [6, 6.07) is 13.3. The summed E-state index contributed by atoms with van der Waals surface area (Å²) in [5, 5.41) is 2.46. The quantitative estimate of drug-likeness (QED) is 0.621. The van der Waals surface area contributed by atoms with Gasteiger partial charge in [-0.15, -0.1) is 0 Å². The molecule has 166 valence electrons. The van der Waals surface area contributed by atoms with Crippen LogP contribution in [0.5, 0.6) is 0 Å². The van der Waals surface area contributed by atoms with Gasteiger partial charge in [-0.25, -0.2) is 4.79 Å². The molecule has 3 N–H and O–H groups in total. The van der Waals surface area contributed by atoms with E-state index in [9.17, 15) is 19.2 Å². The predicted octanol–water partition coefficient (Wildman–Crippen LogP) is 2.71. The second kappa shape index (κ2) is 9.04. The Morgan fingerprint density at radius 2 is 2.00 bits per heavy atom. The number of nitrogens with two attached hydrogens (primary N) is 1. The fourth-order valence-electron chi connectivity index (χ4n) is 4.24. The molecule has 0 saturated carbocycles. The molecule has 2 aromatic carbocycles. The number of hydrogen-bond acceptors (Lipinski definition) is 6. The Morgan fingerprint density at radius 3 is 2.75 bits per heavy atom. The molecular formula is C23H23N3O5S. The Hall–Kier alpha value is -3.33. The van der Waals surface area contributed by atoms with Gasteiger partial charge < -0.3 is 15.8 Å². The van der Waals surface area contributed by atoms with Gasteiger partial charge in [-0.3, -0.25) is 19.3 Å². The van der Waals surface area contributed by atoms with Gasteiger partial charge in [0, 0.05) is 31.0 Å². The lowest BCUT2D eigenvalue weighted by atomic mass is 9.97. The number of imide groups is 1. The molecule has 8 nitrogen and oxygen atoms in total.